The molecule has 0 radical (unpaired) electrons. The third-order valence-electron chi connectivity index (χ3n) is 2.17. The summed E-state index contributed by atoms with van der Waals surface area (Å²) < 4.78 is 42.6. The average molecular weight is 369 g/mol. The van der Waals surface area contributed by atoms with Crippen LogP contribution in [0.25, 0.3) is 0 Å². The first-order chi connectivity index (χ1) is 8.29. The van der Waals surface area contributed by atoms with Gasteiger partial charge in [0, 0.05) is 3.57 Å². The van der Waals surface area contributed by atoms with E-state index < -0.39 is 23.3 Å². The minimum absolute atomic E-state index is 0.165. The fraction of sp³-hybridized carbons (Fsp3) is 0.273. The summed E-state index contributed by atoms with van der Waals surface area (Å²) in [6.45, 7) is 0. The monoisotopic (exact) mass is 369 g/mol. The molecule has 0 bridgehead atoms. The maximum Gasteiger partial charge on any atom is 0.417 e. The molecule has 0 N–H and O–H groups in total. The number of halogens is 4. The molecule has 0 spiro atoms. The van der Waals surface area contributed by atoms with E-state index >= 15 is 0 Å². The van der Waals surface area contributed by atoms with Gasteiger partial charge in [0.25, 0.3) is 0 Å². The summed E-state index contributed by atoms with van der Waals surface area (Å²) in [6, 6.07) is 3.42. The van der Waals surface area contributed by atoms with Crippen molar-refractivity contribution in [2.45, 2.75) is 12.6 Å². The van der Waals surface area contributed by atoms with Gasteiger partial charge in [-0.15, -0.1) is 0 Å². The zero-order valence-electron chi connectivity index (χ0n) is 9.14. The lowest BCUT2D eigenvalue weighted by Crippen LogP contribution is -2.11. The lowest BCUT2D eigenvalue weighted by atomic mass is 10.0. The SMILES string of the molecule is COC(=O)Cc1cc(C#N)c(C(F)(F)F)cc1I. The highest BCUT2D eigenvalue weighted by molar-refractivity contribution is 14.1. The van der Waals surface area contributed by atoms with Gasteiger partial charge in [0.15, 0.2) is 0 Å². The molecule has 0 fully saturated rings. The Morgan fingerprint density at radius 1 is 1.50 bits per heavy atom. The first kappa shape index (κ1) is 14.8. The Kier molecular flexibility index (Phi) is 4.56. The molecule has 0 atom stereocenters. The molecule has 7 heteroatoms. The summed E-state index contributed by atoms with van der Waals surface area (Å²) in [7, 11) is 1.19. The summed E-state index contributed by atoms with van der Waals surface area (Å²) in [5.74, 6) is -0.573. The summed E-state index contributed by atoms with van der Waals surface area (Å²) in [5, 5.41) is 8.72. The number of rotatable bonds is 2. The molecular weight excluding hydrogens is 362 g/mol. The van der Waals surface area contributed by atoms with Gasteiger partial charge >= 0.3 is 12.1 Å². The zero-order chi connectivity index (χ0) is 13.9. The van der Waals surface area contributed by atoms with E-state index in [4.69, 9.17) is 5.26 Å². The number of carbonyl (C=O) groups excluding carboxylic acids is 1. The Morgan fingerprint density at radius 3 is 2.56 bits per heavy atom. The topological polar surface area (TPSA) is 50.1 Å². The summed E-state index contributed by atoms with van der Waals surface area (Å²) in [4.78, 5) is 11.1. The van der Waals surface area contributed by atoms with Crippen LogP contribution in [-0.2, 0) is 22.1 Å². The Labute approximate surface area is 115 Å². The highest BCUT2D eigenvalue weighted by Gasteiger charge is 2.34. The van der Waals surface area contributed by atoms with Gasteiger partial charge in [0.1, 0.15) is 0 Å². The second-order valence-electron chi connectivity index (χ2n) is 3.35. The molecule has 0 amide bonds. The van der Waals surface area contributed by atoms with Crippen LogP contribution in [0.5, 0.6) is 0 Å². The van der Waals surface area contributed by atoms with E-state index in [1.807, 2.05) is 0 Å². The second kappa shape index (κ2) is 5.56. The van der Waals surface area contributed by atoms with Gasteiger partial charge in [0.05, 0.1) is 30.7 Å². The van der Waals surface area contributed by atoms with Crippen LogP contribution in [0.2, 0.25) is 0 Å². The zero-order valence-corrected chi connectivity index (χ0v) is 11.3. The van der Waals surface area contributed by atoms with E-state index in [1.165, 1.54) is 13.2 Å². The molecule has 0 heterocycles. The van der Waals surface area contributed by atoms with Gasteiger partial charge in [-0.05, 0) is 40.3 Å². The maximum absolute atomic E-state index is 12.6. The van der Waals surface area contributed by atoms with Crippen molar-refractivity contribution in [1.29, 1.82) is 5.26 Å². The van der Waals surface area contributed by atoms with Crippen LogP contribution in [0.3, 0.4) is 0 Å². The Bertz CT molecular complexity index is 520. The number of nitriles is 1. The van der Waals surface area contributed by atoms with Gasteiger partial charge in [-0.25, -0.2) is 0 Å². The Morgan fingerprint density at radius 2 is 2.11 bits per heavy atom. The van der Waals surface area contributed by atoms with Crippen molar-refractivity contribution in [3.63, 3.8) is 0 Å². The van der Waals surface area contributed by atoms with Gasteiger partial charge in [-0.3, -0.25) is 4.79 Å². The number of benzene rings is 1. The molecule has 3 nitrogen and oxygen atoms in total. The standard InChI is InChI=1S/C11H7F3INO2/c1-18-10(17)3-6-2-7(5-16)8(4-9(6)15)11(12,13)14/h2,4H,3H2,1H3. The molecule has 0 saturated heterocycles. The first-order valence-corrected chi connectivity index (χ1v) is 5.74. The fourth-order valence-electron chi connectivity index (χ4n) is 1.31. The highest BCUT2D eigenvalue weighted by Crippen LogP contribution is 2.34. The van der Waals surface area contributed by atoms with Crippen LogP contribution in [0.15, 0.2) is 12.1 Å². The predicted octanol–water partition coefficient (Wildman–Crippen LogP) is 2.90. The number of hydrogen-bond donors (Lipinski definition) is 0. The largest absolute Gasteiger partial charge is 0.469 e. The minimum Gasteiger partial charge on any atom is -0.469 e. The predicted molar refractivity (Wildman–Crippen MR) is 64.6 cm³/mol. The molecule has 96 valence electrons. The number of ether oxygens (including phenoxy) is 1. The molecule has 0 aromatic heterocycles. The second-order valence-corrected chi connectivity index (χ2v) is 4.51. The van der Waals surface area contributed by atoms with Crippen molar-refractivity contribution in [1.82, 2.24) is 0 Å². The van der Waals surface area contributed by atoms with Gasteiger partial charge in [0.2, 0.25) is 0 Å². The normalized spacial score (nSPS) is 10.9. The number of esters is 1. The van der Waals surface area contributed by atoms with Crippen LogP contribution >= 0.6 is 22.6 Å². The van der Waals surface area contributed by atoms with E-state index in [9.17, 15) is 18.0 Å². The molecule has 0 unspecified atom stereocenters. The molecular formula is C11H7F3INO2. The lowest BCUT2D eigenvalue weighted by molar-refractivity contribution is -0.139. The summed E-state index contributed by atoms with van der Waals surface area (Å²) >= 11 is 1.69. The number of alkyl halides is 3. The molecule has 1 rings (SSSR count). The van der Waals surface area contributed by atoms with Gasteiger partial charge in [-0.2, -0.15) is 18.4 Å². The van der Waals surface area contributed by atoms with Crippen molar-refractivity contribution >= 4 is 28.6 Å². The van der Waals surface area contributed by atoms with E-state index in [-0.39, 0.29) is 9.99 Å². The van der Waals surface area contributed by atoms with Gasteiger partial charge < -0.3 is 4.74 Å². The molecule has 0 aliphatic heterocycles. The van der Waals surface area contributed by atoms with E-state index in [2.05, 4.69) is 4.74 Å². The third kappa shape index (κ3) is 3.35. The Balaban J connectivity index is 3.28. The Hall–Kier alpha value is -1.30. The van der Waals surface area contributed by atoms with E-state index in [0.717, 1.165) is 12.1 Å². The molecule has 1 aromatic rings. The first-order valence-electron chi connectivity index (χ1n) is 4.66. The molecule has 1 aromatic carbocycles. The van der Waals surface area contributed by atoms with Crippen LogP contribution in [0, 0.1) is 14.9 Å². The van der Waals surface area contributed by atoms with E-state index in [1.54, 1.807) is 22.6 Å². The van der Waals surface area contributed by atoms with Crippen LogP contribution < -0.4 is 0 Å². The smallest absolute Gasteiger partial charge is 0.417 e. The quantitative estimate of drug-likeness (QED) is 0.595. The summed E-state index contributed by atoms with van der Waals surface area (Å²) in [5.41, 5.74) is -1.16. The molecule has 18 heavy (non-hydrogen) atoms. The lowest BCUT2D eigenvalue weighted by Gasteiger charge is -2.11. The molecule has 0 saturated carbocycles. The van der Waals surface area contributed by atoms with Crippen LogP contribution in [0.1, 0.15) is 16.7 Å². The highest BCUT2D eigenvalue weighted by atomic mass is 127. The van der Waals surface area contributed by atoms with Crippen LogP contribution in [-0.4, -0.2) is 13.1 Å². The number of carbonyl (C=O) groups is 1. The average Bonchev–Trinajstić information content (AvgIpc) is 2.29. The number of nitrogens with zero attached hydrogens (tertiary/aromatic N) is 1. The maximum atomic E-state index is 12.6. The van der Waals surface area contributed by atoms with Crippen molar-refractivity contribution in [3.05, 3.63) is 32.4 Å². The van der Waals surface area contributed by atoms with Gasteiger partial charge in [-0.1, -0.05) is 0 Å². The summed E-state index contributed by atoms with van der Waals surface area (Å²) in [6.07, 6.45) is -4.75. The molecule has 0 aliphatic carbocycles. The van der Waals surface area contributed by atoms with Crippen molar-refractivity contribution in [3.8, 4) is 6.07 Å². The van der Waals surface area contributed by atoms with Crippen molar-refractivity contribution in [2.24, 2.45) is 0 Å². The minimum atomic E-state index is -4.59. The van der Waals surface area contributed by atoms with Crippen LogP contribution in [0.4, 0.5) is 13.2 Å². The number of hydrogen-bond acceptors (Lipinski definition) is 3. The van der Waals surface area contributed by atoms with Crippen molar-refractivity contribution < 1.29 is 22.7 Å². The number of methoxy groups -OCH3 is 1. The molecule has 0 aliphatic rings. The fourth-order valence-corrected chi connectivity index (χ4v) is 1.97. The van der Waals surface area contributed by atoms with E-state index in [0.29, 0.717) is 5.56 Å². The van der Waals surface area contributed by atoms with Crippen molar-refractivity contribution in [2.75, 3.05) is 7.11 Å². The third-order valence-corrected chi connectivity index (χ3v) is 3.18.